The predicted octanol–water partition coefficient (Wildman–Crippen LogP) is 5.35. The Kier molecular flexibility index (Phi) is 5.48. The molecule has 0 aliphatic heterocycles. The van der Waals surface area contributed by atoms with E-state index in [-0.39, 0.29) is 23.6 Å². The minimum Gasteiger partial charge on any atom is -0.506 e. The second kappa shape index (κ2) is 7.84. The second-order valence-electron chi connectivity index (χ2n) is 5.95. The van der Waals surface area contributed by atoms with Crippen molar-refractivity contribution in [2.75, 3.05) is 6.61 Å². The number of halogens is 4. The maximum absolute atomic E-state index is 14.5. The molecule has 148 valence electrons. The molecule has 28 heavy (non-hydrogen) atoms. The van der Waals surface area contributed by atoms with Crippen LogP contribution in [0, 0.1) is 5.82 Å². The van der Waals surface area contributed by atoms with E-state index in [1.54, 1.807) is 17.6 Å². The lowest BCUT2D eigenvalue weighted by atomic mass is 10.1. The molecule has 0 amide bonds. The zero-order chi connectivity index (χ0) is 20.3. The van der Waals surface area contributed by atoms with Crippen molar-refractivity contribution in [2.24, 2.45) is 0 Å². The highest BCUT2D eigenvalue weighted by atomic mass is 19.4. The van der Waals surface area contributed by atoms with Crippen molar-refractivity contribution >= 4 is 0 Å². The Morgan fingerprint density at radius 2 is 1.79 bits per heavy atom. The minimum absolute atomic E-state index is 0.0715. The van der Waals surface area contributed by atoms with Gasteiger partial charge in [-0.15, -0.1) is 13.2 Å². The van der Waals surface area contributed by atoms with Crippen LogP contribution in [0.5, 0.6) is 17.2 Å². The van der Waals surface area contributed by atoms with Crippen molar-refractivity contribution in [3.8, 4) is 28.5 Å². The summed E-state index contributed by atoms with van der Waals surface area (Å²) < 4.78 is 62.2. The summed E-state index contributed by atoms with van der Waals surface area (Å²) in [5.74, 6) is -0.590. The van der Waals surface area contributed by atoms with Crippen LogP contribution in [0.15, 0.2) is 54.7 Å². The number of rotatable bonds is 6. The molecule has 0 saturated carbocycles. The molecular formula is C20H17F4NO3. The van der Waals surface area contributed by atoms with Gasteiger partial charge in [0.2, 0.25) is 0 Å². The summed E-state index contributed by atoms with van der Waals surface area (Å²) in [5.41, 5.74) is 1.22. The van der Waals surface area contributed by atoms with Crippen LogP contribution in [0.1, 0.15) is 12.5 Å². The van der Waals surface area contributed by atoms with Gasteiger partial charge in [-0.05, 0) is 36.8 Å². The molecule has 3 aromatic rings. The number of benzene rings is 2. The number of hydrogen-bond donors (Lipinski definition) is 1. The lowest BCUT2D eigenvalue weighted by molar-refractivity contribution is -0.274. The van der Waals surface area contributed by atoms with E-state index in [0.29, 0.717) is 23.6 Å². The Labute approximate surface area is 158 Å². The first-order valence-corrected chi connectivity index (χ1v) is 8.42. The number of hydrogen-bond acceptors (Lipinski definition) is 3. The summed E-state index contributed by atoms with van der Waals surface area (Å²) in [4.78, 5) is 0. The van der Waals surface area contributed by atoms with Crippen molar-refractivity contribution in [1.82, 2.24) is 4.57 Å². The quantitative estimate of drug-likeness (QED) is 0.573. The molecule has 0 aliphatic carbocycles. The molecule has 0 spiro atoms. The zero-order valence-corrected chi connectivity index (χ0v) is 14.8. The first kappa shape index (κ1) is 19.6. The number of nitrogens with zero attached hydrogens (tertiary/aromatic N) is 1. The van der Waals surface area contributed by atoms with E-state index in [1.165, 1.54) is 48.7 Å². The lowest BCUT2D eigenvalue weighted by Crippen LogP contribution is -2.17. The number of ether oxygens (including phenoxy) is 2. The van der Waals surface area contributed by atoms with E-state index in [4.69, 9.17) is 4.74 Å². The fraction of sp³-hybridized carbons (Fsp3) is 0.200. The zero-order valence-electron chi connectivity index (χ0n) is 14.8. The third kappa shape index (κ3) is 4.57. The first-order valence-electron chi connectivity index (χ1n) is 8.42. The number of aromatic nitrogens is 1. The lowest BCUT2D eigenvalue weighted by Gasteiger charge is -2.14. The van der Waals surface area contributed by atoms with E-state index < -0.39 is 12.2 Å². The van der Waals surface area contributed by atoms with E-state index in [0.717, 1.165) is 0 Å². The smallest absolute Gasteiger partial charge is 0.506 e. The van der Waals surface area contributed by atoms with E-state index >= 15 is 0 Å². The van der Waals surface area contributed by atoms with E-state index in [2.05, 4.69) is 4.74 Å². The van der Waals surface area contributed by atoms with Gasteiger partial charge in [0.1, 0.15) is 23.1 Å². The molecule has 0 bridgehead atoms. The Bertz CT molecular complexity index is 949. The molecule has 0 atom stereocenters. The second-order valence-corrected chi connectivity index (χ2v) is 5.95. The highest BCUT2D eigenvalue weighted by Gasteiger charge is 2.31. The average molecular weight is 395 g/mol. The number of aromatic hydroxyl groups is 1. The summed E-state index contributed by atoms with van der Waals surface area (Å²) in [6.07, 6.45) is -3.35. The van der Waals surface area contributed by atoms with Gasteiger partial charge in [-0.1, -0.05) is 18.2 Å². The Morgan fingerprint density at radius 1 is 1.07 bits per heavy atom. The monoisotopic (exact) mass is 395 g/mol. The van der Waals surface area contributed by atoms with Crippen LogP contribution in [0.25, 0.3) is 11.3 Å². The summed E-state index contributed by atoms with van der Waals surface area (Å²) in [6, 6.07) is 11.2. The van der Waals surface area contributed by atoms with Crippen LogP contribution in [-0.2, 0) is 6.54 Å². The van der Waals surface area contributed by atoms with Gasteiger partial charge in [0.25, 0.3) is 0 Å². The van der Waals surface area contributed by atoms with Crippen LogP contribution < -0.4 is 9.47 Å². The third-order valence-corrected chi connectivity index (χ3v) is 3.92. The molecular weight excluding hydrogens is 378 g/mol. The van der Waals surface area contributed by atoms with E-state index in [9.17, 15) is 22.7 Å². The van der Waals surface area contributed by atoms with Gasteiger partial charge in [0.15, 0.2) is 0 Å². The summed E-state index contributed by atoms with van der Waals surface area (Å²) >= 11 is 0. The molecule has 1 heterocycles. The van der Waals surface area contributed by atoms with Crippen molar-refractivity contribution in [3.05, 3.63) is 66.1 Å². The SMILES string of the molecule is CCOc1cccc(F)c1-c1cc(O)cn1Cc1ccc(OC(F)(F)F)cc1. The molecule has 2 aromatic carbocycles. The molecule has 3 rings (SSSR count). The fourth-order valence-electron chi connectivity index (χ4n) is 2.86. The Balaban J connectivity index is 1.92. The summed E-state index contributed by atoms with van der Waals surface area (Å²) in [7, 11) is 0. The Hall–Kier alpha value is -3.16. The van der Waals surface area contributed by atoms with Gasteiger partial charge in [0, 0.05) is 18.8 Å². The van der Waals surface area contributed by atoms with E-state index in [1.807, 2.05) is 0 Å². The highest BCUT2D eigenvalue weighted by Crippen LogP contribution is 2.36. The molecule has 0 aliphatic rings. The van der Waals surface area contributed by atoms with Gasteiger partial charge in [0.05, 0.1) is 17.9 Å². The van der Waals surface area contributed by atoms with Crippen molar-refractivity contribution in [3.63, 3.8) is 0 Å². The van der Waals surface area contributed by atoms with Crippen LogP contribution >= 0.6 is 0 Å². The summed E-state index contributed by atoms with van der Waals surface area (Å²) in [5, 5.41) is 9.93. The molecule has 8 heteroatoms. The van der Waals surface area contributed by atoms with Crippen LogP contribution in [0.3, 0.4) is 0 Å². The molecule has 4 nitrogen and oxygen atoms in total. The largest absolute Gasteiger partial charge is 0.573 e. The maximum Gasteiger partial charge on any atom is 0.573 e. The van der Waals surface area contributed by atoms with Crippen molar-refractivity contribution < 1.29 is 32.1 Å². The third-order valence-electron chi connectivity index (χ3n) is 3.92. The summed E-state index contributed by atoms with van der Waals surface area (Å²) in [6.45, 7) is 2.31. The standard InChI is InChI=1S/C20H17F4NO3/c1-2-27-18-5-3-4-16(21)19(18)17-10-14(26)12-25(17)11-13-6-8-15(9-7-13)28-20(22,23)24/h3-10,12,26H,2,11H2,1H3. The molecule has 1 N–H and O–H groups in total. The highest BCUT2D eigenvalue weighted by molar-refractivity contribution is 5.70. The van der Waals surface area contributed by atoms with Gasteiger partial charge < -0.3 is 19.1 Å². The van der Waals surface area contributed by atoms with Gasteiger partial charge in [-0.3, -0.25) is 0 Å². The molecule has 0 saturated heterocycles. The molecule has 1 aromatic heterocycles. The topological polar surface area (TPSA) is 43.6 Å². The predicted molar refractivity (Wildman–Crippen MR) is 94.9 cm³/mol. The molecule has 0 unspecified atom stereocenters. The molecule has 0 fully saturated rings. The van der Waals surface area contributed by atoms with Gasteiger partial charge >= 0.3 is 6.36 Å². The van der Waals surface area contributed by atoms with Crippen molar-refractivity contribution in [1.29, 1.82) is 0 Å². The minimum atomic E-state index is -4.76. The van der Waals surface area contributed by atoms with Crippen LogP contribution in [-0.4, -0.2) is 22.6 Å². The average Bonchev–Trinajstić information content (AvgIpc) is 2.96. The van der Waals surface area contributed by atoms with Gasteiger partial charge in [-0.2, -0.15) is 0 Å². The fourth-order valence-corrected chi connectivity index (χ4v) is 2.86. The normalized spacial score (nSPS) is 11.5. The van der Waals surface area contributed by atoms with Crippen molar-refractivity contribution in [2.45, 2.75) is 19.8 Å². The van der Waals surface area contributed by atoms with Crippen LogP contribution in [0.2, 0.25) is 0 Å². The van der Waals surface area contributed by atoms with Gasteiger partial charge in [-0.25, -0.2) is 4.39 Å². The van der Waals surface area contributed by atoms with Crippen LogP contribution in [0.4, 0.5) is 17.6 Å². The first-order chi connectivity index (χ1) is 13.3. The molecule has 0 radical (unpaired) electrons. The Morgan fingerprint density at radius 3 is 2.43 bits per heavy atom. The number of alkyl halides is 3. The maximum atomic E-state index is 14.5.